The topological polar surface area (TPSA) is 72.9 Å². The summed E-state index contributed by atoms with van der Waals surface area (Å²) in [5, 5.41) is 6.02. The lowest BCUT2D eigenvalue weighted by Gasteiger charge is -2.15. The maximum atomic E-state index is 12.1. The molecule has 102 valence electrons. The molecule has 5 nitrogen and oxygen atoms in total. The number of primary amides is 1. The number of nitrogens with two attached hydrogens (primary N) is 1. The predicted octanol–water partition coefficient (Wildman–Crippen LogP) is 0.971. The molecule has 0 spiro atoms. The Bertz CT molecular complexity index is 402. The number of aryl methyl sites for hydroxylation is 1. The summed E-state index contributed by atoms with van der Waals surface area (Å²) in [4.78, 5) is 11.1. The average Bonchev–Trinajstić information content (AvgIpc) is 2.65. The highest BCUT2D eigenvalue weighted by Gasteiger charge is 2.30. The predicted molar refractivity (Wildman–Crippen MR) is 58.5 cm³/mol. The van der Waals surface area contributed by atoms with Gasteiger partial charge in [0.2, 0.25) is 5.91 Å². The normalized spacial score (nSPS) is 13.6. The Labute approximate surface area is 102 Å². The van der Waals surface area contributed by atoms with Gasteiger partial charge in [0.05, 0.1) is 12.7 Å². The number of halogens is 3. The summed E-state index contributed by atoms with van der Waals surface area (Å²) in [6.07, 6.45) is -0.706. The van der Waals surface area contributed by atoms with Gasteiger partial charge in [0.15, 0.2) is 0 Å². The Morgan fingerprint density at radius 2 is 2.28 bits per heavy atom. The summed E-state index contributed by atoms with van der Waals surface area (Å²) < 4.78 is 37.8. The smallest absolute Gasteiger partial charge is 0.368 e. The number of carbonyl (C=O) groups excluding carboxylic acids is 1. The van der Waals surface area contributed by atoms with Gasteiger partial charge in [-0.3, -0.25) is 14.8 Å². The van der Waals surface area contributed by atoms with E-state index in [-0.39, 0.29) is 0 Å². The molecule has 18 heavy (non-hydrogen) atoms. The van der Waals surface area contributed by atoms with Crippen molar-refractivity contribution in [2.24, 2.45) is 5.73 Å². The maximum absolute atomic E-state index is 12.1. The molecule has 1 atom stereocenters. The zero-order valence-electron chi connectivity index (χ0n) is 9.87. The van der Waals surface area contributed by atoms with Crippen molar-refractivity contribution in [1.82, 2.24) is 15.1 Å². The molecule has 0 aliphatic carbocycles. The number of rotatable bonds is 6. The van der Waals surface area contributed by atoms with Crippen LogP contribution in [-0.4, -0.2) is 28.4 Å². The Kier molecular flexibility index (Phi) is 4.71. The van der Waals surface area contributed by atoms with Crippen LogP contribution in [0.25, 0.3) is 0 Å². The minimum atomic E-state index is -4.40. The molecule has 1 heterocycles. The van der Waals surface area contributed by atoms with Crippen LogP contribution in [0.2, 0.25) is 0 Å². The standard InChI is InChI=1S/C10H15F3N4O/c1-2-3-17-5-7(4-16-17)8(9(14)18)15-6-10(11,12)13/h4-5,8,15H,2-3,6H2,1H3,(H2,14,18). The van der Waals surface area contributed by atoms with Crippen molar-refractivity contribution in [3.63, 3.8) is 0 Å². The van der Waals surface area contributed by atoms with Crippen LogP contribution in [0.4, 0.5) is 13.2 Å². The zero-order valence-corrected chi connectivity index (χ0v) is 9.87. The van der Waals surface area contributed by atoms with E-state index < -0.39 is 24.7 Å². The van der Waals surface area contributed by atoms with Gasteiger partial charge in [0, 0.05) is 18.3 Å². The molecule has 0 aliphatic rings. The van der Waals surface area contributed by atoms with Crippen LogP contribution in [0.3, 0.4) is 0 Å². The number of nitrogens with one attached hydrogen (secondary N) is 1. The van der Waals surface area contributed by atoms with Crippen molar-refractivity contribution in [3.8, 4) is 0 Å². The quantitative estimate of drug-likeness (QED) is 0.804. The van der Waals surface area contributed by atoms with E-state index in [1.165, 1.54) is 12.4 Å². The summed E-state index contributed by atoms with van der Waals surface area (Å²) in [6.45, 7) is 1.29. The second-order valence-corrected chi connectivity index (χ2v) is 3.87. The highest BCUT2D eigenvalue weighted by molar-refractivity contribution is 5.81. The minimum Gasteiger partial charge on any atom is -0.368 e. The van der Waals surface area contributed by atoms with Gasteiger partial charge in [-0.05, 0) is 6.42 Å². The Hall–Kier alpha value is -1.57. The number of nitrogens with zero attached hydrogens (tertiary/aromatic N) is 2. The monoisotopic (exact) mass is 264 g/mol. The van der Waals surface area contributed by atoms with E-state index in [0.29, 0.717) is 12.1 Å². The largest absolute Gasteiger partial charge is 0.401 e. The van der Waals surface area contributed by atoms with Gasteiger partial charge in [-0.1, -0.05) is 6.92 Å². The minimum absolute atomic E-state index is 0.334. The molecule has 1 unspecified atom stereocenters. The molecular weight excluding hydrogens is 249 g/mol. The van der Waals surface area contributed by atoms with Crippen molar-refractivity contribution in [3.05, 3.63) is 18.0 Å². The molecule has 1 aromatic heterocycles. The molecule has 0 saturated carbocycles. The number of amides is 1. The van der Waals surface area contributed by atoms with Crippen molar-refractivity contribution in [1.29, 1.82) is 0 Å². The summed E-state index contributed by atoms with van der Waals surface area (Å²) in [6, 6.07) is -1.18. The van der Waals surface area contributed by atoms with Gasteiger partial charge in [0.25, 0.3) is 0 Å². The van der Waals surface area contributed by atoms with E-state index in [0.717, 1.165) is 6.42 Å². The molecule has 8 heteroatoms. The molecule has 1 rings (SSSR count). The van der Waals surface area contributed by atoms with E-state index in [4.69, 9.17) is 5.73 Å². The van der Waals surface area contributed by atoms with Gasteiger partial charge in [0.1, 0.15) is 6.04 Å². The first-order valence-electron chi connectivity index (χ1n) is 5.45. The first kappa shape index (κ1) is 14.5. The van der Waals surface area contributed by atoms with Crippen LogP contribution in [-0.2, 0) is 11.3 Å². The third-order valence-corrected chi connectivity index (χ3v) is 2.23. The molecule has 0 fully saturated rings. The van der Waals surface area contributed by atoms with Crippen LogP contribution in [0.1, 0.15) is 24.9 Å². The zero-order chi connectivity index (χ0) is 13.8. The second-order valence-electron chi connectivity index (χ2n) is 3.87. The maximum Gasteiger partial charge on any atom is 0.401 e. The number of aromatic nitrogens is 2. The van der Waals surface area contributed by atoms with Gasteiger partial charge in [-0.2, -0.15) is 18.3 Å². The Morgan fingerprint density at radius 1 is 1.61 bits per heavy atom. The third kappa shape index (κ3) is 4.36. The first-order valence-corrected chi connectivity index (χ1v) is 5.45. The Balaban J connectivity index is 2.74. The lowest BCUT2D eigenvalue weighted by atomic mass is 10.1. The SMILES string of the molecule is CCCn1cc(C(NCC(F)(F)F)C(N)=O)cn1. The molecule has 0 radical (unpaired) electrons. The molecule has 3 N–H and O–H groups in total. The van der Waals surface area contributed by atoms with Gasteiger partial charge in [-0.15, -0.1) is 0 Å². The first-order chi connectivity index (χ1) is 8.33. The second kappa shape index (κ2) is 5.85. The molecule has 0 aliphatic heterocycles. The van der Waals surface area contributed by atoms with Gasteiger partial charge >= 0.3 is 6.18 Å². The van der Waals surface area contributed by atoms with Crippen LogP contribution in [0.15, 0.2) is 12.4 Å². The van der Waals surface area contributed by atoms with Crippen LogP contribution in [0, 0.1) is 0 Å². The van der Waals surface area contributed by atoms with E-state index in [1.807, 2.05) is 6.92 Å². The molecule has 1 aromatic rings. The molecular formula is C10H15F3N4O. The highest BCUT2D eigenvalue weighted by Crippen LogP contribution is 2.17. The molecule has 0 saturated heterocycles. The lowest BCUT2D eigenvalue weighted by Crippen LogP contribution is -2.38. The molecule has 0 aromatic carbocycles. The van der Waals surface area contributed by atoms with Crippen LogP contribution in [0.5, 0.6) is 0 Å². The van der Waals surface area contributed by atoms with Gasteiger partial charge < -0.3 is 5.73 Å². The molecule has 1 amide bonds. The summed E-state index contributed by atoms with van der Waals surface area (Å²) >= 11 is 0. The Morgan fingerprint density at radius 3 is 2.78 bits per heavy atom. The number of alkyl halides is 3. The van der Waals surface area contributed by atoms with E-state index >= 15 is 0 Å². The fourth-order valence-electron chi connectivity index (χ4n) is 1.48. The summed E-state index contributed by atoms with van der Waals surface area (Å²) in [5.41, 5.74) is 5.41. The van der Waals surface area contributed by atoms with E-state index in [2.05, 4.69) is 10.4 Å². The third-order valence-electron chi connectivity index (χ3n) is 2.23. The van der Waals surface area contributed by atoms with Crippen LogP contribution < -0.4 is 11.1 Å². The van der Waals surface area contributed by atoms with Crippen molar-refractivity contribution in [2.45, 2.75) is 32.1 Å². The van der Waals surface area contributed by atoms with E-state index in [9.17, 15) is 18.0 Å². The fourth-order valence-corrected chi connectivity index (χ4v) is 1.48. The summed E-state index contributed by atoms with van der Waals surface area (Å²) in [7, 11) is 0. The van der Waals surface area contributed by atoms with Crippen molar-refractivity contribution >= 4 is 5.91 Å². The lowest BCUT2D eigenvalue weighted by molar-refractivity contribution is -0.130. The number of hydrogen-bond donors (Lipinski definition) is 2. The van der Waals surface area contributed by atoms with E-state index in [1.54, 1.807) is 4.68 Å². The fraction of sp³-hybridized carbons (Fsp3) is 0.600. The van der Waals surface area contributed by atoms with Crippen molar-refractivity contribution in [2.75, 3.05) is 6.54 Å². The summed E-state index contributed by atoms with van der Waals surface area (Å²) in [5.74, 6) is -0.865. The molecule has 0 bridgehead atoms. The van der Waals surface area contributed by atoms with Gasteiger partial charge in [-0.25, -0.2) is 0 Å². The average molecular weight is 264 g/mol. The number of hydrogen-bond acceptors (Lipinski definition) is 3. The number of carbonyl (C=O) groups is 1. The van der Waals surface area contributed by atoms with Crippen LogP contribution >= 0.6 is 0 Å². The van der Waals surface area contributed by atoms with Crippen molar-refractivity contribution < 1.29 is 18.0 Å². The highest BCUT2D eigenvalue weighted by atomic mass is 19.4.